The van der Waals surface area contributed by atoms with Gasteiger partial charge in [0, 0.05) is 0 Å². The van der Waals surface area contributed by atoms with Gasteiger partial charge in [0.15, 0.2) is 0 Å². The molecule has 2 unspecified atom stereocenters. The van der Waals surface area contributed by atoms with Gasteiger partial charge < -0.3 is 0 Å². The van der Waals surface area contributed by atoms with E-state index in [4.69, 9.17) is 5.73 Å². The molecule has 0 radical (unpaired) electrons. The molecule has 0 bridgehead atoms. The topological polar surface area (TPSA) is 101 Å². The SMILES string of the molecule is NC(=O)C(CC(=O)P)(c1cc(O)bc(O)c1)C(F)(F)F. The third-order valence-electron chi connectivity index (χ3n) is 2.74. The molecule has 0 aromatic carbocycles. The van der Waals surface area contributed by atoms with Gasteiger partial charge in [0.25, 0.3) is 0 Å². The van der Waals surface area contributed by atoms with Crippen molar-refractivity contribution in [2.24, 2.45) is 5.73 Å². The van der Waals surface area contributed by atoms with Gasteiger partial charge in [0.05, 0.1) is 0 Å². The van der Waals surface area contributed by atoms with E-state index in [1.165, 1.54) is 9.24 Å². The van der Waals surface area contributed by atoms with Gasteiger partial charge in [0.2, 0.25) is 0 Å². The molecule has 0 aliphatic carbocycles. The standard InChI is InChI=1S/C10H10BF3NO4P/c12-10(13,14)9(8(15)19,3-7(18)20)4-1-5(16)11-6(17)2-4/h1-2,16-17H,3,20H2,(H2,15,19). The predicted octanol–water partition coefficient (Wildman–Crippen LogP) is 0.513. The first-order valence-electron chi connectivity index (χ1n) is 5.19. The van der Waals surface area contributed by atoms with E-state index in [1.54, 1.807) is 0 Å². The van der Waals surface area contributed by atoms with Crippen molar-refractivity contribution >= 4 is 27.6 Å². The van der Waals surface area contributed by atoms with E-state index in [2.05, 4.69) is 0 Å². The van der Waals surface area contributed by atoms with Gasteiger partial charge in [-0.2, -0.15) is 0 Å². The molecule has 0 saturated carbocycles. The Hall–Kier alpha value is -1.63. The van der Waals surface area contributed by atoms with Crippen molar-refractivity contribution in [3.05, 3.63) is 17.7 Å². The van der Waals surface area contributed by atoms with E-state index in [9.17, 15) is 33.0 Å². The van der Waals surface area contributed by atoms with Crippen molar-refractivity contribution in [3.8, 4) is 11.3 Å². The fraction of sp³-hybridized carbons (Fsp3) is 0.300. The first-order valence-corrected chi connectivity index (χ1v) is 5.77. The zero-order chi connectivity index (χ0) is 15.7. The van der Waals surface area contributed by atoms with Gasteiger partial charge in [0.1, 0.15) is 0 Å². The number of hydrogen-bond donors (Lipinski definition) is 3. The van der Waals surface area contributed by atoms with Gasteiger partial charge in [-0.15, -0.1) is 0 Å². The molecule has 4 N–H and O–H groups in total. The van der Waals surface area contributed by atoms with Crippen molar-refractivity contribution < 1.29 is 33.0 Å². The molecule has 1 amide bonds. The minimum atomic E-state index is -5.18. The summed E-state index contributed by atoms with van der Waals surface area (Å²) in [7, 11) is 1.53. The molecule has 2 atom stereocenters. The molecular formula is C10H10BF3NO4P. The summed E-state index contributed by atoms with van der Waals surface area (Å²) in [6.45, 7) is 0.786. The number of alkyl halides is 3. The molecule has 1 aromatic rings. The molecule has 0 saturated heterocycles. The number of carbonyl (C=O) groups excluding carboxylic acids is 2. The second-order valence-electron chi connectivity index (χ2n) is 4.15. The third kappa shape index (κ3) is 2.93. The Bertz CT molecular complexity index is 546. The Labute approximate surface area is 114 Å². The summed E-state index contributed by atoms with van der Waals surface area (Å²) < 4.78 is 39.9. The van der Waals surface area contributed by atoms with Crippen LogP contribution in [0.2, 0.25) is 0 Å². The molecule has 0 fully saturated rings. The average molecular weight is 307 g/mol. The van der Waals surface area contributed by atoms with Gasteiger partial charge in [-0.1, -0.05) is 0 Å². The summed E-state index contributed by atoms with van der Waals surface area (Å²) in [5.41, 5.74) is -1.64. The third-order valence-corrected chi connectivity index (χ3v) is 2.94. The minimum absolute atomic E-state index is 0.631. The van der Waals surface area contributed by atoms with Crippen LogP contribution >= 0.6 is 9.24 Å². The van der Waals surface area contributed by atoms with E-state index in [0.717, 1.165) is 6.91 Å². The molecule has 108 valence electrons. The Morgan fingerprint density at radius 2 is 1.70 bits per heavy atom. The maximum absolute atomic E-state index is 13.3. The molecule has 1 aromatic heterocycles. The van der Waals surface area contributed by atoms with Crippen LogP contribution in [0.25, 0.3) is 0 Å². The fourth-order valence-electron chi connectivity index (χ4n) is 1.84. The monoisotopic (exact) mass is 307 g/mol. The molecule has 1 rings (SSSR count). The van der Waals surface area contributed by atoms with E-state index < -0.39 is 46.3 Å². The fourth-order valence-corrected chi connectivity index (χ4v) is 2.14. The molecule has 0 aliphatic rings. The molecule has 20 heavy (non-hydrogen) atoms. The second-order valence-corrected chi connectivity index (χ2v) is 4.79. The number of aromatic hydroxyl groups is 2. The molecule has 0 aliphatic heterocycles. The maximum atomic E-state index is 13.3. The van der Waals surface area contributed by atoms with Gasteiger partial charge in [-0.3, -0.25) is 0 Å². The van der Waals surface area contributed by atoms with E-state index >= 15 is 0 Å². The van der Waals surface area contributed by atoms with Gasteiger partial charge >= 0.3 is 113 Å². The van der Waals surface area contributed by atoms with Crippen molar-refractivity contribution in [3.63, 3.8) is 0 Å². The number of nitrogens with two attached hydrogens (primary N) is 1. The van der Waals surface area contributed by atoms with Crippen LogP contribution in [0.4, 0.5) is 13.2 Å². The first kappa shape index (κ1) is 16.4. The van der Waals surface area contributed by atoms with Crippen LogP contribution in [0.5, 0.6) is 11.3 Å². The van der Waals surface area contributed by atoms with Crippen molar-refractivity contribution in [1.29, 1.82) is 0 Å². The van der Waals surface area contributed by atoms with Crippen molar-refractivity contribution in [2.75, 3.05) is 0 Å². The Kier molecular flexibility index (Phi) is 4.44. The van der Waals surface area contributed by atoms with E-state index in [0.29, 0.717) is 12.1 Å². The summed E-state index contributed by atoms with van der Waals surface area (Å²) in [4.78, 5) is 22.5. The summed E-state index contributed by atoms with van der Waals surface area (Å²) >= 11 is 0. The molecular weight excluding hydrogens is 297 g/mol. The number of hydrogen-bond acceptors (Lipinski definition) is 4. The van der Waals surface area contributed by atoms with Gasteiger partial charge in [-0.25, -0.2) is 0 Å². The first-order chi connectivity index (χ1) is 9.00. The van der Waals surface area contributed by atoms with Crippen LogP contribution < -0.4 is 5.73 Å². The van der Waals surface area contributed by atoms with Crippen LogP contribution in [0.3, 0.4) is 0 Å². The number of primary amides is 1. The normalized spacial score (nSPS) is 14.4. The van der Waals surface area contributed by atoms with Crippen LogP contribution in [0.15, 0.2) is 12.1 Å². The molecule has 10 heteroatoms. The predicted molar refractivity (Wildman–Crippen MR) is 67.4 cm³/mol. The van der Waals surface area contributed by atoms with Crippen molar-refractivity contribution in [2.45, 2.75) is 18.0 Å². The van der Waals surface area contributed by atoms with Gasteiger partial charge in [-0.05, 0) is 0 Å². The Balaban J connectivity index is 3.66. The summed E-state index contributed by atoms with van der Waals surface area (Å²) in [5.74, 6) is -1.80. The Morgan fingerprint density at radius 3 is 2.00 bits per heavy atom. The summed E-state index contributed by atoms with van der Waals surface area (Å²) in [6, 6.07) is 1.26. The zero-order valence-corrected chi connectivity index (χ0v) is 11.1. The molecule has 5 nitrogen and oxygen atoms in total. The summed E-state index contributed by atoms with van der Waals surface area (Å²) in [5, 5.41) is 18.5. The van der Waals surface area contributed by atoms with Crippen LogP contribution in [0.1, 0.15) is 12.0 Å². The van der Waals surface area contributed by atoms with Crippen LogP contribution in [-0.2, 0) is 15.0 Å². The number of amides is 1. The quantitative estimate of drug-likeness (QED) is 0.706. The zero-order valence-electron chi connectivity index (χ0n) is 9.94. The van der Waals surface area contributed by atoms with Crippen molar-refractivity contribution in [1.82, 2.24) is 0 Å². The average Bonchev–Trinajstić information content (AvgIpc) is 2.21. The number of halogens is 3. The number of carbonyl (C=O) groups is 2. The summed E-state index contributed by atoms with van der Waals surface area (Å²) in [6.07, 6.45) is -6.43. The van der Waals surface area contributed by atoms with Crippen LogP contribution in [0, 0.1) is 0 Å². The Morgan fingerprint density at radius 1 is 1.25 bits per heavy atom. The number of rotatable bonds is 4. The molecule has 0 spiro atoms. The second kappa shape index (κ2) is 5.40. The molecule has 1 heterocycles. The van der Waals surface area contributed by atoms with Crippen LogP contribution in [-0.4, -0.2) is 34.7 Å². The van der Waals surface area contributed by atoms with E-state index in [1.807, 2.05) is 0 Å². The van der Waals surface area contributed by atoms with E-state index in [-0.39, 0.29) is 0 Å².